The van der Waals surface area contributed by atoms with Crippen molar-refractivity contribution in [1.82, 2.24) is 0 Å². The molecule has 0 aliphatic carbocycles. The molecule has 0 amide bonds. The van der Waals surface area contributed by atoms with Gasteiger partial charge in [-0.05, 0) is 17.5 Å². The minimum Gasteiger partial charge on any atom is -0.433 e. The standard InChI is InChI=1S/C12H14Cl2O3/c1-12(2,3)7-16-11(15)17-10-6-8(13)4-5-9(10)14/h4-6H,7H2,1-3H3. The number of carbonyl (C=O) groups excluding carboxylic acids is 1. The monoisotopic (exact) mass is 276 g/mol. The first-order valence-electron chi connectivity index (χ1n) is 5.07. The molecule has 0 saturated carbocycles. The normalized spacial score (nSPS) is 11.1. The molecule has 1 aromatic rings. The van der Waals surface area contributed by atoms with Crippen molar-refractivity contribution < 1.29 is 14.3 Å². The van der Waals surface area contributed by atoms with Crippen LogP contribution < -0.4 is 4.74 Å². The van der Waals surface area contributed by atoms with E-state index >= 15 is 0 Å². The Kier molecular flexibility index (Phi) is 4.66. The molecule has 1 aromatic carbocycles. The number of rotatable bonds is 2. The van der Waals surface area contributed by atoms with Crippen LogP contribution in [0.1, 0.15) is 20.8 Å². The number of hydrogen-bond acceptors (Lipinski definition) is 3. The van der Waals surface area contributed by atoms with Crippen molar-refractivity contribution in [3.8, 4) is 5.75 Å². The van der Waals surface area contributed by atoms with Crippen LogP contribution in [-0.2, 0) is 4.74 Å². The van der Waals surface area contributed by atoms with Gasteiger partial charge in [0.05, 0.1) is 11.6 Å². The summed E-state index contributed by atoms with van der Waals surface area (Å²) in [5.74, 6) is 0.193. The molecule has 0 unspecified atom stereocenters. The van der Waals surface area contributed by atoms with Crippen molar-refractivity contribution >= 4 is 29.4 Å². The summed E-state index contributed by atoms with van der Waals surface area (Å²) >= 11 is 11.6. The highest BCUT2D eigenvalue weighted by atomic mass is 35.5. The Morgan fingerprint density at radius 1 is 1.29 bits per heavy atom. The molecule has 0 atom stereocenters. The van der Waals surface area contributed by atoms with Gasteiger partial charge in [-0.1, -0.05) is 44.0 Å². The molecule has 0 aromatic heterocycles. The van der Waals surface area contributed by atoms with Crippen molar-refractivity contribution in [1.29, 1.82) is 0 Å². The Labute approximate surface area is 111 Å². The molecule has 1 rings (SSSR count). The number of benzene rings is 1. The molecule has 0 saturated heterocycles. The molecule has 0 aliphatic rings. The maximum Gasteiger partial charge on any atom is 0.513 e. The van der Waals surface area contributed by atoms with Crippen molar-refractivity contribution in [2.24, 2.45) is 5.41 Å². The van der Waals surface area contributed by atoms with Crippen LogP contribution in [0.25, 0.3) is 0 Å². The zero-order valence-electron chi connectivity index (χ0n) is 9.92. The topological polar surface area (TPSA) is 35.5 Å². The second-order valence-corrected chi connectivity index (χ2v) is 5.62. The number of hydrogen-bond donors (Lipinski definition) is 0. The van der Waals surface area contributed by atoms with Crippen LogP contribution in [0.3, 0.4) is 0 Å². The minimum absolute atomic E-state index is 0.114. The lowest BCUT2D eigenvalue weighted by atomic mass is 9.99. The SMILES string of the molecule is CC(C)(C)COC(=O)Oc1cc(Cl)ccc1Cl. The summed E-state index contributed by atoms with van der Waals surface area (Å²) in [6.07, 6.45) is -0.788. The largest absolute Gasteiger partial charge is 0.513 e. The van der Waals surface area contributed by atoms with Gasteiger partial charge in [-0.15, -0.1) is 0 Å². The second-order valence-electron chi connectivity index (χ2n) is 4.78. The molecule has 17 heavy (non-hydrogen) atoms. The quantitative estimate of drug-likeness (QED) is 0.587. The third-order valence-corrected chi connectivity index (χ3v) is 2.26. The van der Waals surface area contributed by atoms with E-state index in [2.05, 4.69) is 0 Å². The summed E-state index contributed by atoms with van der Waals surface area (Å²) in [7, 11) is 0. The van der Waals surface area contributed by atoms with E-state index in [9.17, 15) is 4.79 Å². The van der Waals surface area contributed by atoms with Gasteiger partial charge in [0.1, 0.15) is 0 Å². The average Bonchev–Trinajstić information content (AvgIpc) is 2.20. The van der Waals surface area contributed by atoms with Gasteiger partial charge in [-0.2, -0.15) is 0 Å². The van der Waals surface area contributed by atoms with E-state index in [1.165, 1.54) is 6.07 Å². The fourth-order valence-electron chi connectivity index (χ4n) is 0.950. The predicted molar refractivity (Wildman–Crippen MR) is 67.9 cm³/mol. The molecule has 5 heteroatoms. The van der Waals surface area contributed by atoms with E-state index in [1.54, 1.807) is 12.1 Å². The van der Waals surface area contributed by atoms with Gasteiger partial charge in [0, 0.05) is 11.1 Å². The molecule has 0 heterocycles. The Morgan fingerprint density at radius 2 is 1.94 bits per heavy atom. The highest BCUT2D eigenvalue weighted by molar-refractivity contribution is 6.34. The molecule has 0 fully saturated rings. The second kappa shape index (κ2) is 5.61. The van der Waals surface area contributed by atoms with E-state index in [0.717, 1.165) is 0 Å². The third-order valence-electron chi connectivity index (χ3n) is 1.71. The molecule has 94 valence electrons. The fourth-order valence-corrected chi connectivity index (χ4v) is 1.27. The Morgan fingerprint density at radius 3 is 2.53 bits per heavy atom. The third kappa shape index (κ3) is 5.29. The summed E-state index contributed by atoms with van der Waals surface area (Å²) < 4.78 is 9.89. The molecule has 0 bridgehead atoms. The van der Waals surface area contributed by atoms with Gasteiger partial charge in [0.25, 0.3) is 0 Å². The summed E-state index contributed by atoms with van der Waals surface area (Å²) in [6, 6.07) is 4.62. The molecular weight excluding hydrogens is 263 g/mol. The lowest BCUT2D eigenvalue weighted by Gasteiger charge is -2.17. The first-order chi connectivity index (χ1) is 7.78. The van der Waals surface area contributed by atoms with Crippen LogP contribution in [0.4, 0.5) is 4.79 Å². The fraction of sp³-hybridized carbons (Fsp3) is 0.417. The zero-order chi connectivity index (χ0) is 13.1. The highest BCUT2D eigenvalue weighted by Gasteiger charge is 2.16. The molecule has 0 spiro atoms. The van der Waals surface area contributed by atoms with Gasteiger partial charge in [-0.3, -0.25) is 0 Å². The number of ether oxygens (including phenoxy) is 2. The number of halogens is 2. The minimum atomic E-state index is -0.788. The lowest BCUT2D eigenvalue weighted by molar-refractivity contribution is 0.0685. The van der Waals surface area contributed by atoms with Gasteiger partial charge >= 0.3 is 6.16 Å². The van der Waals surface area contributed by atoms with Crippen LogP contribution in [0.2, 0.25) is 10.0 Å². The molecule has 3 nitrogen and oxygen atoms in total. The molecule has 0 radical (unpaired) electrons. The van der Waals surface area contributed by atoms with Crippen LogP contribution in [0.5, 0.6) is 5.75 Å². The van der Waals surface area contributed by atoms with Crippen molar-refractivity contribution in [2.45, 2.75) is 20.8 Å². The van der Waals surface area contributed by atoms with E-state index in [4.69, 9.17) is 32.7 Å². The van der Waals surface area contributed by atoms with Crippen molar-refractivity contribution in [3.63, 3.8) is 0 Å². The van der Waals surface area contributed by atoms with E-state index in [1.807, 2.05) is 20.8 Å². The molecule has 0 aliphatic heterocycles. The Balaban J connectivity index is 2.59. The summed E-state index contributed by atoms with van der Waals surface area (Å²) in [5, 5.41) is 0.745. The zero-order valence-corrected chi connectivity index (χ0v) is 11.4. The predicted octanol–water partition coefficient (Wildman–Crippen LogP) is 4.55. The first-order valence-corrected chi connectivity index (χ1v) is 5.83. The van der Waals surface area contributed by atoms with Crippen LogP contribution >= 0.6 is 23.2 Å². The van der Waals surface area contributed by atoms with E-state index < -0.39 is 6.16 Å². The Bertz CT molecular complexity index is 411. The highest BCUT2D eigenvalue weighted by Crippen LogP contribution is 2.28. The maximum absolute atomic E-state index is 11.4. The maximum atomic E-state index is 11.4. The van der Waals surface area contributed by atoms with Crippen LogP contribution in [0.15, 0.2) is 18.2 Å². The lowest BCUT2D eigenvalue weighted by Crippen LogP contribution is -2.20. The first kappa shape index (κ1) is 14.1. The average molecular weight is 277 g/mol. The summed E-state index contributed by atoms with van der Waals surface area (Å²) in [6.45, 7) is 6.12. The van der Waals surface area contributed by atoms with Gasteiger partial charge in [0.2, 0.25) is 0 Å². The van der Waals surface area contributed by atoms with Crippen molar-refractivity contribution in [3.05, 3.63) is 28.2 Å². The molecule has 0 N–H and O–H groups in total. The molecular formula is C12H14Cl2O3. The van der Waals surface area contributed by atoms with Crippen molar-refractivity contribution in [2.75, 3.05) is 6.61 Å². The van der Waals surface area contributed by atoms with Gasteiger partial charge < -0.3 is 9.47 Å². The number of carbonyl (C=O) groups is 1. The van der Waals surface area contributed by atoms with E-state index in [-0.39, 0.29) is 17.8 Å². The summed E-state index contributed by atoms with van der Waals surface area (Å²) in [4.78, 5) is 11.4. The summed E-state index contributed by atoms with van der Waals surface area (Å²) in [5.41, 5.74) is -0.114. The van der Waals surface area contributed by atoms with Gasteiger partial charge in [-0.25, -0.2) is 4.79 Å². The van der Waals surface area contributed by atoms with Crippen LogP contribution in [0, 0.1) is 5.41 Å². The van der Waals surface area contributed by atoms with Gasteiger partial charge in [0.15, 0.2) is 5.75 Å². The van der Waals surface area contributed by atoms with Crippen LogP contribution in [-0.4, -0.2) is 12.8 Å². The smallest absolute Gasteiger partial charge is 0.433 e. The Hall–Kier alpha value is -0.930. The van der Waals surface area contributed by atoms with E-state index in [0.29, 0.717) is 10.0 Å².